The van der Waals surface area contributed by atoms with Crippen LogP contribution in [-0.2, 0) is 18.3 Å². The summed E-state index contributed by atoms with van der Waals surface area (Å²) in [5.74, 6) is 0. The molecular formula is C59H45N. The highest BCUT2D eigenvalue weighted by atomic mass is 15.1. The standard InChI is InChI=1S/C59H45N/c1-3-40-20-11-12-25-47(40)57-41(4-2)38-46(39-51(57)44-23-9-6-10-24-44)60(45-36-34-43(35-37-45)42-21-7-5-8-22-42)56-33-19-32-55-58(56)50-28-15-18-31-54(50)59(55)52-29-16-13-26-48(52)49-27-14-17-30-53(49)59/h5-39H,3-4H2,1-2H3. The molecule has 11 rings (SSSR count). The van der Waals surface area contributed by atoms with Gasteiger partial charge in [0.25, 0.3) is 0 Å². The third-order valence-corrected chi connectivity index (χ3v) is 13.1. The van der Waals surface area contributed by atoms with Gasteiger partial charge in [0.1, 0.15) is 0 Å². The van der Waals surface area contributed by atoms with Gasteiger partial charge in [0.15, 0.2) is 0 Å². The number of hydrogen-bond donors (Lipinski definition) is 0. The van der Waals surface area contributed by atoms with E-state index in [0.717, 1.165) is 24.2 Å². The van der Waals surface area contributed by atoms with E-state index in [2.05, 4.69) is 231 Å². The van der Waals surface area contributed by atoms with Crippen molar-refractivity contribution in [2.24, 2.45) is 0 Å². The maximum absolute atomic E-state index is 2.54. The van der Waals surface area contributed by atoms with Crippen LogP contribution in [0, 0.1) is 0 Å². The van der Waals surface area contributed by atoms with E-state index in [1.54, 1.807) is 0 Å². The van der Waals surface area contributed by atoms with Gasteiger partial charge in [0.2, 0.25) is 0 Å². The molecule has 9 aromatic carbocycles. The topological polar surface area (TPSA) is 3.24 Å². The van der Waals surface area contributed by atoms with Crippen molar-refractivity contribution in [2.45, 2.75) is 32.1 Å². The number of aryl methyl sites for hydroxylation is 2. The van der Waals surface area contributed by atoms with Crippen LogP contribution in [0.4, 0.5) is 17.1 Å². The second kappa shape index (κ2) is 14.6. The van der Waals surface area contributed by atoms with Crippen LogP contribution in [0.25, 0.3) is 55.6 Å². The van der Waals surface area contributed by atoms with E-state index >= 15 is 0 Å². The predicted molar refractivity (Wildman–Crippen MR) is 252 cm³/mol. The molecule has 9 aromatic rings. The second-order valence-electron chi connectivity index (χ2n) is 16.1. The second-order valence-corrected chi connectivity index (χ2v) is 16.1. The van der Waals surface area contributed by atoms with Crippen LogP contribution in [0.5, 0.6) is 0 Å². The number of nitrogens with zero attached hydrogens (tertiary/aromatic N) is 1. The van der Waals surface area contributed by atoms with Crippen molar-refractivity contribution < 1.29 is 0 Å². The molecule has 1 heteroatoms. The average molecular weight is 768 g/mol. The lowest BCUT2D eigenvalue weighted by molar-refractivity contribution is 0.794. The monoisotopic (exact) mass is 767 g/mol. The highest BCUT2D eigenvalue weighted by molar-refractivity contribution is 6.02. The first-order valence-corrected chi connectivity index (χ1v) is 21.4. The normalized spacial score (nSPS) is 12.8. The molecule has 60 heavy (non-hydrogen) atoms. The Labute approximate surface area is 353 Å². The van der Waals surface area contributed by atoms with Crippen molar-refractivity contribution in [1.82, 2.24) is 0 Å². The zero-order chi connectivity index (χ0) is 40.2. The fraction of sp³-hybridized carbons (Fsp3) is 0.0847. The van der Waals surface area contributed by atoms with Crippen molar-refractivity contribution in [3.05, 3.63) is 246 Å². The summed E-state index contributed by atoms with van der Waals surface area (Å²) in [5, 5.41) is 0. The highest BCUT2D eigenvalue weighted by Crippen LogP contribution is 2.64. The molecule has 1 spiro atoms. The molecule has 0 bridgehead atoms. The summed E-state index contributed by atoms with van der Waals surface area (Å²) < 4.78 is 0. The minimum atomic E-state index is -0.435. The lowest BCUT2D eigenvalue weighted by atomic mass is 9.70. The zero-order valence-electron chi connectivity index (χ0n) is 34.1. The molecule has 2 aliphatic rings. The number of fused-ring (bicyclic) bond motifs is 10. The van der Waals surface area contributed by atoms with Gasteiger partial charge in [0.05, 0.1) is 11.1 Å². The molecular weight excluding hydrogens is 723 g/mol. The summed E-state index contributed by atoms with van der Waals surface area (Å²) in [6.45, 7) is 4.57. The molecule has 0 aromatic heterocycles. The molecule has 2 aliphatic carbocycles. The Kier molecular flexibility index (Phi) is 8.71. The van der Waals surface area contributed by atoms with Crippen molar-refractivity contribution in [1.29, 1.82) is 0 Å². The largest absolute Gasteiger partial charge is 0.310 e. The molecule has 0 amide bonds. The molecule has 0 N–H and O–H groups in total. The maximum atomic E-state index is 2.54. The van der Waals surface area contributed by atoms with Crippen LogP contribution in [0.2, 0.25) is 0 Å². The van der Waals surface area contributed by atoms with Crippen LogP contribution >= 0.6 is 0 Å². The predicted octanol–water partition coefficient (Wildman–Crippen LogP) is 15.6. The number of anilines is 3. The van der Waals surface area contributed by atoms with Crippen LogP contribution < -0.4 is 4.90 Å². The van der Waals surface area contributed by atoms with Crippen molar-refractivity contribution >= 4 is 17.1 Å². The molecule has 0 saturated heterocycles. The molecule has 1 nitrogen and oxygen atoms in total. The van der Waals surface area contributed by atoms with E-state index in [1.165, 1.54) is 94.7 Å². The minimum absolute atomic E-state index is 0.435. The molecule has 0 fully saturated rings. The van der Waals surface area contributed by atoms with Gasteiger partial charge in [-0.05, 0) is 127 Å². The summed E-state index contributed by atoms with van der Waals surface area (Å²) in [6, 6.07) is 79.1. The van der Waals surface area contributed by atoms with Gasteiger partial charge in [-0.2, -0.15) is 0 Å². The zero-order valence-corrected chi connectivity index (χ0v) is 34.1. The van der Waals surface area contributed by atoms with Crippen LogP contribution in [0.15, 0.2) is 212 Å². The summed E-state index contributed by atoms with van der Waals surface area (Å²) >= 11 is 0. The fourth-order valence-electron chi connectivity index (χ4n) is 10.5. The molecule has 0 heterocycles. The Hall–Kier alpha value is -7.22. The fourth-order valence-corrected chi connectivity index (χ4v) is 10.5. The van der Waals surface area contributed by atoms with Gasteiger partial charge in [0, 0.05) is 16.9 Å². The summed E-state index contributed by atoms with van der Waals surface area (Å²) in [7, 11) is 0. The van der Waals surface area contributed by atoms with E-state index in [0.29, 0.717) is 0 Å². The Morgan fingerprint density at radius 2 is 0.833 bits per heavy atom. The average Bonchev–Trinajstić information content (AvgIpc) is 3.80. The van der Waals surface area contributed by atoms with Gasteiger partial charge in [-0.25, -0.2) is 0 Å². The van der Waals surface area contributed by atoms with Gasteiger partial charge in [-0.1, -0.05) is 196 Å². The van der Waals surface area contributed by atoms with Crippen molar-refractivity contribution in [2.75, 3.05) is 4.90 Å². The van der Waals surface area contributed by atoms with Crippen LogP contribution in [0.3, 0.4) is 0 Å². The third-order valence-electron chi connectivity index (χ3n) is 13.1. The molecule has 286 valence electrons. The highest BCUT2D eigenvalue weighted by Gasteiger charge is 2.52. The molecule has 0 unspecified atom stereocenters. The van der Waals surface area contributed by atoms with Gasteiger partial charge < -0.3 is 4.90 Å². The maximum Gasteiger partial charge on any atom is 0.0726 e. The summed E-state index contributed by atoms with van der Waals surface area (Å²) in [6.07, 6.45) is 1.87. The van der Waals surface area contributed by atoms with Crippen molar-refractivity contribution in [3.63, 3.8) is 0 Å². The minimum Gasteiger partial charge on any atom is -0.310 e. The van der Waals surface area contributed by atoms with E-state index in [4.69, 9.17) is 0 Å². The lowest BCUT2D eigenvalue weighted by Gasteiger charge is -2.32. The Balaban J connectivity index is 1.22. The van der Waals surface area contributed by atoms with Crippen LogP contribution in [-0.4, -0.2) is 0 Å². The van der Waals surface area contributed by atoms with E-state index in [1.807, 2.05) is 0 Å². The third kappa shape index (κ3) is 5.39. The van der Waals surface area contributed by atoms with Crippen molar-refractivity contribution in [3.8, 4) is 55.6 Å². The van der Waals surface area contributed by atoms with E-state index in [9.17, 15) is 0 Å². The van der Waals surface area contributed by atoms with Gasteiger partial charge in [-0.3, -0.25) is 0 Å². The summed E-state index contributed by atoms with van der Waals surface area (Å²) in [4.78, 5) is 2.54. The quantitative estimate of drug-likeness (QED) is 0.149. The molecule has 0 saturated carbocycles. The SMILES string of the molecule is CCc1ccccc1-c1c(CC)cc(N(c2ccc(-c3ccccc3)cc2)c2cccc3c2-c2ccccc2C32c3ccccc3-c3ccccc32)cc1-c1ccccc1. The molecule has 0 atom stereocenters. The summed E-state index contributed by atoms with van der Waals surface area (Å²) in [5.41, 5.74) is 23.8. The Morgan fingerprint density at radius 1 is 0.333 bits per heavy atom. The first kappa shape index (κ1) is 35.9. The molecule has 0 aliphatic heterocycles. The van der Waals surface area contributed by atoms with E-state index < -0.39 is 5.41 Å². The number of benzene rings is 9. The number of hydrogen-bond acceptors (Lipinski definition) is 1. The number of rotatable bonds is 8. The smallest absolute Gasteiger partial charge is 0.0726 e. The van der Waals surface area contributed by atoms with Gasteiger partial charge >= 0.3 is 0 Å². The van der Waals surface area contributed by atoms with E-state index in [-0.39, 0.29) is 0 Å². The lowest BCUT2D eigenvalue weighted by Crippen LogP contribution is -2.26. The first-order chi connectivity index (χ1) is 29.7. The Bertz CT molecular complexity index is 3000. The Morgan fingerprint density at radius 3 is 1.47 bits per heavy atom. The van der Waals surface area contributed by atoms with Gasteiger partial charge in [-0.15, -0.1) is 0 Å². The van der Waals surface area contributed by atoms with Crippen LogP contribution in [0.1, 0.15) is 47.2 Å². The molecule has 0 radical (unpaired) electrons. The first-order valence-electron chi connectivity index (χ1n) is 21.4.